The van der Waals surface area contributed by atoms with E-state index >= 15 is 0 Å². The van der Waals surface area contributed by atoms with Crippen LogP contribution in [0, 0.1) is 6.92 Å². The summed E-state index contributed by atoms with van der Waals surface area (Å²) in [5.41, 5.74) is 2.31. The second-order valence-electron chi connectivity index (χ2n) is 3.80. The van der Waals surface area contributed by atoms with Gasteiger partial charge in [-0.25, -0.2) is 0 Å². The molecule has 0 radical (unpaired) electrons. The monoisotopic (exact) mass is 281 g/mol. The summed E-state index contributed by atoms with van der Waals surface area (Å²) in [6.45, 7) is 2.51. The molecule has 0 aliphatic carbocycles. The quantitative estimate of drug-likeness (QED) is 0.630. The molecule has 0 spiro atoms. The Bertz CT molecular complexity index is 456. The topological polar surface area (TPSA) is 37.4 Å². The predicted molar refractivity (Wildman–Crippen MR) is 66.3 cm³/mol. The van der Waals surface area contributed by atoms with Gasteiger partial charge in [0.1, 0.15) is 0 Å². The number of nitrogens with zero attached hydrogens (tertiary/aromatic N) is 1. The predicted octanol–water partition coefficient (Wildman–Crippen LogP) is 2.31. The summed E-state index contributed by atoms with van der Waals surface area (Å²) in [6.07, 6.45) is 0.840. The Morgan fingerprint density at radius 2 is 2.06 bits per heavy atom. The number of carbonyl (C=O) groups excluding carboxylic acids is 2. The molecule has 0 atom stereocenters. The fourth-order valence-corrected chi connectivity index (χ4v) is 2.22. The molecule has 0 N–H and O–H groups in total. The van der Waals surface area contributed by atoms with Crippen LogP contribution >= 0.6 is 15.9 Å². The fourth-order valence-electron chi connectivity index (χ4n) is 1.97. The lowest BCUT2D eigenvalue weighted by Crippen LogP contribution is -2.31. The van der Waals surface area contributed by atoms with E-state index in [9.17, 15) is 9.59 Å². The zero-order valence-electron chi connectivity index (χ0n) is 9.00. The molecule has 1 aromatic carbocycles. The summed E-state index contributed by atoms with van der Waals surface area (Å²) >= 11 is 3.33. The molecule has 84 valence electrons. The summed E-state index contributed by atoms with van der Waals surface area (Å²) in [6, 6.07) is 5.45. The SMILES string of the molecule is Cc1cccc2c1N(CCCBr)C(=O)C2=O. The standard InChI is InChI=1S/C12H12BrNO2/c1-8-4-2-5-9-10(8)14(7-3-6-13)12(16)11(9)15/h2,4-5H,3,6-7H2,1H3. The van der Waals surface area contributed by atoms with Crippen molar-refractivity contribution in [2.24, 2.45) is 0 Å². The van der Waals surface area contributed by atoms with Crippen LogP contribution in [0.25, 0.3) is 0 Å². The molecule has 0 unspecified atom stereocenters. The van der Waals surface area contributed by atoms with Gasteiger partial charge in [-0.1, -0.05) is 28.1 Å². The van der Waals surface area contributed by atoms with E-state index in [1.807, 2.05) is 19.1 Å². The van der Waals surface area contributed by atoms with Gasteiger partial charge in [-0.2, -0.15) is 0 Å². The van der Waals surface area contributed by atoms with E-state index in [4.69, 9.17) is 0 Å². The minimum atomic E-state index is -0.398. The lowest BCUT2D eigenvalue weighted by atomic mass is 10.1. The second kappa shape index (κ2) is 4.37. The zero-order valence-corrected chi connectivity index (χ0v) is 10.6. The highest BCUT2D eigenvalue weighted by Crippen LogP contribution is 2.32. The first-order valence-electron chi connectivity index (χ1n) is 5.18. The van der Waals surface area contributed by atoms with Gasteiger partial charge in [0, 0.05) is 11.9 Å². The van der Waals surface area contributed by atoms with Gasteiger partial charge in [-0.15, -0.1) is 0 Å². The third-order valence-electron chi connectivity index (χ3n) is 2.71. The lowest BCUT2D eigenvalue weighted by Gasteiger charge is -2.17. The normalized spacial score (nSPS) is 14.5. The number of carbonyl (C=O) groups is 2. The summed E-state index contributed by atoms with van der Waals surface area (Å²) < 4.78 is 0. The largest absolute Gasteiger partial charge is 0.304 e. The highest BCUT2D eigenvalue weighted by atomic mass is 79.9. The Labute approximate surface area is 103 Å². The molecule has 16 heavy (non-hydrogen) atoms. The number of halogens is 1. The van der Waals surface area contributed by atoms with E-state index in [0.717, 1.165) is 23.0 Å². The van der Waals surface area contributed by atoms with Crippen LogP contribution in [-0.4, -0.2) is 23.6 Å². The molecule has 1 aliphatic rings. The van der Waals surface area contributed by atoms with Crippen molar-refractivity contribution < 1.29 is 9.59 Å². The summed E-state index contributed by atoms with van der Waals surface area (Å²) in [5, 5.41) is 0.826. The number of fused-ring (bicyclic) bond motifs is 1. The molecule has 1 amide bonds. The molecule has 2 rings (SSSR count). The number of rotatable bonds is 3. The molecule has 0 bridgehead atoms. The van der Waals surface area contributed by atoms with Gasteiger partial charge in [0.05, 0.1) is 11.3 Å². The lowest BCUT2D eigenvalue weighted by molar-refractivity contribution is -0.114. The van der Waals surface area contributed by atoms with Crippen molar-refractivity contribution >= 4 is 33.3 Å². The van der Waals surface area contributed by atoms with Crippen molar-refractivity contribution in [3.63, 3.8) is 0 Å². The second-order valence-corrected chi connectivity index (χ2v) is 4.59. The maximum absolute atomic E-state index is 11.8. The molecular formula is C12H12BrNO2. The molecular weight excluding hydrogens is 270 g/mol. The van der Waals surface area contributed by atoms with Crippen molar-refractivity contribution in [3.05, 3.63) is 29.3 Å². The first kappa shape index (κ1) is 11.3. The molecule has 0 saturated carbocycles. The Hall–Kier alpha value is -1.16. The van der Waals surface area contributed by atoms with Gasteiger partial charge in [-0.3, -0.25) is 9.59 Å². The smallest absolute Gasteiger partial charge is 0.299 e. The van der Waals surface area contributed by atoms with E-state index in [1.165, 1.54) is 0 Å². The minimum Gasteiger partial charge on any atom is -0.304 e. The molecule has 1 heterocycles. The van der Waals surface area contributed by atoms with E-state index in [1.54, 1.807) is 11.0 Å². The summed E-state index contributed by atoms with van der Waals surface area (Å²) in [4.78, 5) is 25.1. The average Bonchev–Trinajstić information content (AvgIpc) is 2.52. The van der Waals surface area contributed by atoms with E-state index in [2.05, 4.69) is 15.9 Å². The molecule has 3 nitrogen and oxygen atoms in total. The Morgan fingerprint density at radius 1 is 1.31 bits per heavy atom. The zero-order chi connectivity index (χ0) is 11.7. The number of hydrogen-bond donors (Lipinski definition) is 0. The van der Waals surface area contributed by atoms with Crippen LogP contribution in [0.15, 0.2) is 18.2 Å². The van der Waals surface area contributed by atoms with Crippen LogP contribution in [0.3, 0.4) is 0 Å². The van der Waals surface area contributed by atoms with Gasteiger partial charge in [0.25, 0.3) is 11.7 Å². The molecule has 0 aromatic heterocycles. The van der Waals surface area contributed by atoms with Crippen LogP contribution < -0.4 is 4.90 Å². The number of anilines is 1. The van der Waals surface area contributed by atoms with Gasteiger partial charge in [-0.05, 0) is 25.0 Å². The van der Waals surface area contributed by atoms with Crippen molar-refractivity contribution in [1.82, 2.24) is 0 Å². The molecule has 0 fully saturated rings. The number of Topliss-reactive ketones (excluding diaryl/α,β-unsaturated/α-hetero) is 1. The summed E-state index contributed by atoms with van der Waals surface area (Å²) in [7, 11) is 0. The maximum atomic E-state index is 11.8. The van der Waals surface area contributed by atoms with E-state index in [0.29, 0.717) is 12.1 Å². The number of hydrogen-bond acceptors (Lipinski definition) is 2. The molecule has 1 aromatic rings. The van der Waals surface area contributed by atoms with Crippen LogP contribution in [-0.2, 0) is 4.79 Å². The first-order valence-corrected chi connectivity index (χ1v) is 6.30. The Kier molecular flexibility index (Phi) is 3.10. The van der Waals surface area contributed by atoms with Crippen molar-refractivity contribution in [2.45, 2.75) is 13.3 Å². The van der Waals surface area contributed by atoms with Gasteiger partial charge in [0.2, 0.25) is 0 Å². The van der Waals surface area contributed by atoms with Gasteiger partial charge >= 0.3 is 0 Å². The Balaban J connectivity index is 2.43. The van der Waals surface area contributed by atoms with Crippen LogP contribution in [0.4, 0.5) is 5.69 Å². The summed E-state index contributed by atoms with van der Waals surface area (Å²) in [5.74, 6) is -0.779. The molecule has 1 aliphatic heterocycles. The number of aryl methyl sites for hydroxylation is 1. The third-order valence-corrected chi connectivity index (χ3v) is 3.27. The number of para-hydroxylation sites is 1. The van der Waals surface area contributed by atoms with E-state index < -0.39 is 5.91 Å². The number of benzene rings is 1. The fraction of sp³-hybridized carbons (Fsp3) is 0.333. The van der Waals surface area contributed by atoms with Gasteiger partial charge in [0.15, 0.2) is 0 Å². The van der Waals surface area contributed by atoms with Crippen molar-refractivity contribution in [3.8, 4) is 0 Å². The number of alkyl halides is 1. The molecule has 0 saturated heterocycles. The first-order chi connectivity index (χ1) is 7.66. The third kappa shape index (κ3) is 1.67. The van der Waals surface area contributed by atoms with E-state index in [-0.39, 0.29) is 5.78 Å². The number of amides is 1. The Morgan fingerprint density at radius 3 is 2.75 bits per heavy atom. The van der Waals surface area contributed by atoms with Crippen LogP contribution in [0.2, 0.25) is 0 Å². The van der Waals surface area contributed by atoms with Crippen molar-refractivity contribution in [1.29, 1.82) is 0 Å². The highest BCUT2D eigenvalue weighted by Gasteiger charge is 2.35. The molecule has 4 heteroatoms. The minimum absolute atomic E-state index is 0.381. The van der Waals surface area contributed by atoms with Gasteiger partial charge < -0.3 is 4.90 Å². The highest BCUT2D eigenvalue weighted by molar-refractivity contribution is 9.09. The average molecular weight is 282 g/mol. The van der Waals surface area contributed by atoms with Crippen LogP contribution in [0.1, 0.15) is 22.3 Å². The number of ketones is 1. The van der Waals surface area contributed by atoms with Crippen molar-refractivity contribution in [2.75, 3.05) is 16.8 Å². The maximum Gasteiger partial charge on any atom is 0.299 e. The van der Waals surface area contributed by atoms with Crippen LogP contribution in [0.5, 0.6) is 0 Å².